The Bertz CT molecular complexity index is 432. The van der Waals surface area contributed by atoms with Gasteiger partial charge < -0.3 is 5.32 Å². The number of carbonyl (C=O) groups is 1. The van der Waals surface area contributed by atoms with Crippen molar-refractivity contribution in [3.05, 3.63) is 34.9 Å². The number of benzene rings is 1. The number of halogens is 1. The minimum Gasteiger partial charge on any atom is -0.352 e. The smallest absolute Gasteiger partial charge is 0.237 e. The van der Waals surface area contributed by atoms with Crippen LogP contribution in [0.2, 0.25) is 5.02 Å². The zero-order valence-corrected chi connectivity index (χ0v) is 13.5. The molecular formula is C16H25ClN2O. The van der Waals surface area contributed by atoms with E-state index in [0.717, 1.165) is 18.4 Å². The van der Waals surface area contributed by atoms with Gasteiger partial charge in [0.15, 0.2) is 0 Å². The van der Waals surface area contributed by atoms with E-state index in [1.165, 1.54) is 0 Å². The van der Waals surface area contributed by atoms with Gasteiger partial charge in [0, 0.05) is 17.1 Å². The van der Waals surface area contributed by atoms with Crippen LogP contribution in [0, 0.1) is 0 Å². The van der Waals surface area contributed by atoms with Crippen molar-refractivity contribution in [3.63, 3.8) is 0 Å². The quantitative estimate of drug-likeness (QED) is 0.806. The van der Waals surface area contributed by atoms with Crippen LogP contribution >= 0.6 is 11.6 Å². The molecule has 2 N–H and O–H groups in total. The molecule has 1 aromatic rings. The molecule has 1 rings (SSSR count). The van der Waals surface area contributed by atoms with Gasteiger partial charge in [0.2, 0.25) is 5.91 Å². The maximum atomic E-state index is 12.1. The van der Waals surface area contributed by atoms with Crippen molar-refractivity contribution < 1.29 is 4.79 Å². The Balaban J connectivity index is 2.56. The number of hydrogen-bond acceptors (Lipinski definition) is 2. The molecule has 0 heterocycles. The van der Waals surface area contributed by atoms with Gasteiger partial charge >= 0.3 is 0 Å². The number of amides is 1. The van der Waals surface area contributed by atoms with Crippen molar-refractivity contribution >= 4 is 17.5 Å². The molecule has 0 aliphatic rings. The summed E-state index contributed by atoms with van der Waals surface area (Å²) in [7, 11) is 0. The molecular weight excluding hydrogens is 272 g/mol. The lowest BCUT2D eigenvalue weighted by Gasteiger charge is -2.22. The number of carbonyl (C=O) groups excluding carboxylic acids is 1. The predicted molar refractivity (Wildman–Crippen MR) is 85.0 cm³/mol. The van der Waals surface area contributed by atoms with Crippen LogP contribution in [0.4, 0.5) is 0 Å². The van der Waals surface area contributed by atoms with Gasteiger partial charge in [-0.15, -0.1) is 0 Å². The van der Waals surface area contributed by atoms with Crippen molar-refractivity contribution in [2.75, 3.05) is 0 Å². The van der Waals surface area contributed by atoms with E-state index in [-0.39, 0.29) is 24.0 Å². The summed E-state index contributed by atoms with van der Waals surface area (Å²) in [5, 5.41) is 7.08. The fraction of sp³-hybridized carbons (Fsp3) is 0.562. The highest BCUT2D eigenvalue weighted by atomic mass is 35.5. The van der Waals surface area contributed by atoms with Crippen molar-refractivity contribution in [1.29, 1.82) is 0 Å². The van der Waals surface area contributed by atoms with Crippen LogP contribution in [0.15, 0.2) is 24.3 Å². The molecule has 1 unspecified atom stereocenters. The summed E-state index contributed by atoms with van der Waals surface area (Å²) >= 11 is 5.99. The molecule has 2 atom stereocenters. The van der Waals surface area contributed by atoms with E-state index in [1.807, 2.05) is 38.1 Å². The van der Waals surface area contributed by atoms with E-state index < -0.39 is 0 Å². The molecule has 4 heteroatoms. The van der Waals surface area contributed by atoms with Crippen LogP contribution in [0.25, 0.3) is 0 Å². The van der Waals surface area contributed by atoms with Crippen molar-refractivity contribution in [2.45, 2.75) is 58.7 Å². The summed E-state index contributed by atoms with van der Waals surface area (Å²) in [6.45, 7) is 8.09. The van der Waals surface area contributed by atoms with Gasteiger partial charge in [-0.25, -0.2) is 0 Å². The van der Waals surface area contributed by atoms with Gasteiger partial charge in [-0.1, -0.05) is 37.6 Å². The summed E-state index contributed by atoms with van der Waals surface area (Å²) in [5.41, 5.74) is 1.08. The van der Waals surface area contributed by atoms with E-state index in [1.54, 1.807) is 0 Å². The van der Waals surface area contributed by atoms with Gasteiger partial charge in [0.1, 0.15) is 0 Å². The first-order chi connectivity index (χ1) is 9.47. The zero-order chi connectivity index (χ0) is 15.1. The molecule has 0 aromatic heterocycles. The first-order valence-electron chi connectivity index (χ1n) is 7.29. The molecule has 20 heavy (non-hydrogen) atoms. The molecule has 0 fully saturated rings. The second-order valence-corrected chi connectivity index (χ2v) is 5.62. The highest BCUT2D eigenvalue weighted by Crippen LogP contribution is 2.17. The highest BCUT2D eigenvalue weighted by Gasteiger charge is 2.18. The normalized spacial score (nSPS) is 14.1. The summed E-state index contributed by atoms with van der Waals surface area (Å²) in [6, 6.07) is 7.81. The fourth-order valence-corrected chi connectivity index (χ4v) is 2.34. The van der Waals surface area contributed by atoms with E-state index >= 15 is 0 Å². The van der Waals surface area contributed by atoms with Crippen LogP contribution in [0.3, 0.4) is 0 Å². The zero-order valence-electron chi connectivity index (χ0n) is 12.7. The largest absolute Gasteiger partial charge is 0.352 e. The molecule has 112 valence electrons. The molecule has 1 aromatic carbocycles. The third-order valence-electron chi connectivity index (χ3n) is 3.57. The van der Waals surface area contributed by atoms with Gasteiger partial charge in [-0.3, -0.25) is 10.1 Å². The van der Waals surface area contributed by atoms with Crippen LogP contribution in [0.5, 0.6) is 0 Å². The van der Waals surface area contributed by atoms with Crippen LogP contribution in [-0.4, -0.2) is 18.0 Å². The summed E-state index contributed by atoms with van der Waals surface area (Å²) in [6.07, 6.45) is 1.91. The van der Waals surface area contributed by atoms with E-state index in [9.17, 15) is 4.79 Å². The molecule has 0 aliphatic heterocycles. The van der Waals surface area contributed by atoms with Crippen molar-refractivity contribution in [2.24, 2.45) is 0 Å². The number of rotatable bonds is 7. The van der Waals surface area contributed by atoms with Crippen LogP contribution in [-0.2, 0) is 4.79 Å². The number of hydrogen-bond donors (Lipinski definition) is 2. The Hall–Kier alpha value is -1.06. The highest BCUT2D eigenvalue weighted by molar-refractivity contribution is 6.30. The summed E-state index contributed by atoms with van der Waals surface area (Å²) < 4.78 is 0. The third-order valence-corrected chi connectivity index (χ3v) is 3.81. The van der Waals surface area contributed by atoms with Crippen LogP contribution in [0.1, 0.15) is 52.1 Å². The molecule has 3 nitrogen and oxygen atoms in total. The lowest BCUT2D eigenvalue weighted by Crippen LogP contribution is -2.46. The maximum absolute atomic E-state index is 12.1. The monoisotopic (exact) mass is 296 g/mol. The third kappa shape index (κ3) is 5.14. The Kier molecular flexibility index (Phi) is 7.03. The molecule has 0 spiro atoms. The Morgan fingerprint density at radius 2 is 1.90 bits per heavy atom. The molecule has 0 saturated carbocycles. The average molecular weight is 297 g/mol. The van der Waals surface area contributed by atoms with E-state index in [2.05, 4.69) is 24.5 Å². The second-order valence-electron chi connectivity index (χ2n) is 5.19. The van der Waals surface area contributed by atoms with Crippen LogP contribution < -0.4 is 10.6 Å². The lowest BCUT2D eigenvalue weighted by atomic mass is 10.1. The van der Waals surface area contributed by atoms with E-state index in [0.29, 0.717) is 5.02 Å². The van der Waals surface area contributed by atoms with Gasteiger partial charge in [-0.05, 0) is 44.4 Å². The standard InChI is InChI=1S/C16H25ClN2O/c1-5-15(6-2)19-16(20)12(4)18-11(3)13-8-7-9-14(17)10-13/h7-12,15,18H,5-6H2,1-4H3,(H,19,20)/t11-,12?/m0/s1. The Morgan fingerprint density at radius 1 is 1.25 bits per heavy atom. The molecule has 0 aliphatic carbocycles. The molecule has 0 saturated heterocycles. The SMILES string of the molecule is CCC(CC)NC(=O)C(C)N[C@@H](C)c1cccc(Cl)c1. The minimum absolute atomic E-state index is 0.0487. The lowest BCUT2D eigenvalue weighted by molar-refractivity contribution is -0.123. The van der Waals surface area contributed by atoms with Crippen molar-refractivity contribution in [3.8, 4) is 0 Å². The average Bonchev–Trinajstić information content (AvgIpc) is 2.44. The molecule has 0 bridgehead atoms. The topological polar surface area (TPSA) is 41.1 Å². The van der Waals surface area contributed by atoms with Gasteiger partial charge in [-0.2, -0.15) is 0 Å². The van der Waals surface area contributed by atoms with Gasteiger partial charge in [0.25, 0.3) is 0 Å². The van der Waals surface area contributed by atoms with Gasteiger partial charge in [0.05, 0.1) is 6.04 Å². The number of nitrogens with one attached hydrogen (secondary N) is 2. The summed E-state index contributed by atoms with van der Waals surface area (Å²) in [4.78, 5) is 12.1. The van der Waals surface area contributed by atoms with Crippen molar-refractivity contribution in [1.82, 2.24) is 10.6 Å². The Labute approximate surface area is 127 Å². The Morgan fingerprint density at radius 3 is 2.45 bits per heavy atom. The van der Waals surface area contributed by atoms with E-state index in [4.69, 9.17) is 11.6 Å². The predicted octanol–water partition coefficient (Wildman–Crippen LogP) is 3.68. The summed E-state index contributed by atoms with van der Waals surface area (Å²) in [5.74, 6) is 0.0487. The first kappa shape index (κ1) is 17.0. The second kappa shape index (κ2) is 8.28. The fourth-order valence-electron chi connectivity index (χ4n) is 2.14. The minimum atomic E-state index is -0.232. The first-order valence-corrected chi connectivity index (χ1v) is 7.67. The molecule has 0 radical (unpaired) electrons. The maximum Gasteiger partial charge on any atom is 0.237 e. The molecule has 1 amide bonds.